The van der Waals surface area contributed by atoms with Gasteiger partial charge in [-0.1, -0.05) is 25.1 Å². The molecule has 3 aromatic heterocycles. The van der Waals surface area contributed by atoms with Gasteiger partial charge >= 0.3 is 11.7 Å². The Hall–Kier alpha value is -3.30. The van der Waals surface area contributed by atoms with Crippen molar-refractivity contribution < 1.29 is 15.0 Å². The lowest BCUT2D eigenvalue weighted by molar-refractivity contribution is 0.0694. The van der Waals surface area contributed by atoms with Gasteiger partial charge in [-0.3, -0.25) is 18.9 Å². The van der Waals surface area contributed by atoms with Crippen LogP contribution in [0.5, 0.6) is 0 Å². The summed E-state index contributed by atoms with van der Waals surface area (Å²) >= 11 is 0.966. The SMILES string of the molecule is CCCn1c(=O)n(C)c(=O)c2c(C(=O)O)c(C(O)c3ccnc4ccccc34)sc21. The lowest BCUT2D eigenvalue weighted by atomic mass is 10.0. The molecule has 4 aromatic rings. The Morgan fingerprint density at radius 3 is 2.67 bits per heavy atom. The zero-order valence-corrected chi connectivity index (χ0v) is 17.1. The predicted octanol–water partition coefficient (Wildman–Crippen LogP) is 2.50. The summed E-state index contributed by atoms with van der Waals surface area (Å²) in [5.41, 5.74) is -0.326. The molecule has 0 amide bonds. The molecular weight excluding hydrogens is 406 g/mol. The van der Waals surface area contributed by atoms with E-state index in [4.69, 9.17) is 0 Å². The number of carbonyl (C=O) groups is 1. The third-order valence-electron chi connectivity index (χ3n) is 5.09. The van der Waals surface area contributed by atoms with Crippen LogP contribution in [-0.2, 0) is 13.6 Å². The summed E-state index contributed by atoms with van der Waals surface area (Å²) in [6.07, 6.45) is 0.873. The van der Waals surface area contributed by atoms with Gasteiger partial charge in [0.1, 0.15) is 10.9 Å². The summed E-state index contributed by atoms with van der Waals surface area (Å²) in [6, 6.07) is 8.84. The van der Waals surface area contributed by atoms with Crippen molar-refractivity contribution in [2.45, 2.75) is 26.0 Å². The molecule has 2 N–H and O–H groups in total. The van der Waals surface area contributed by atoms with Crippen molar-refractivity contribution in [3.05, 3.63) is 73.4 Å². The number of benzene rings is 1. The van der Waals surface area contributed by atoms with Crippen LogP contribution in [0.1, 0.15) is 40.2 Å². The minimum atomic E-state index is -1.33. The number of rotatable bonds is 5. The van der Waals surface area contributed by atoms with Crippen molar-refractivity contribution in [3.8, 4) is 0 Å². The molecule has 0 aliphatic rings. The Balaban J connectivity index is 2.08. The summed E-state index contributed by atoms with van der Waals surface area (Å²) in [5, 5.41) is 21.7. The Morgan fingerprint density at radius 1 is 1.23 bits per heavy atom. The zero-order chi connectivity index (χ0) is 21.6. The van der Waals surface area contributed by atoms with Gasteiger partial charge in [0.15, 0.2) is 0 Å². The molecule has 30 heavy (non-hydrogen) atoms. The van der Waals surface area contributed by atoms with E-state index in [1.807, 2.05) is 13.0 Å². The van der Waals surface area contributed by atoms with Crippen molar-refractivity contribution in [2.24, 2.45) is 7.05 Å². The quantitative estimate of drug-likeness (QED) is 0.508. The van der Waals surface area contributed by atoms with Crippen LogP contribution in [0.3, 0.4) is 0 Å². The summed E-state index contributed by atoms with van der Waals surface area (Å²) in [5.74, 6) is -1.33. The Kier molecular flexibility index (Phi) is 5.00. The van der Waals surface area contributed by atoms with Crippen molar-refractivity contribution in [3.63, 3.8) is 0 Å². The van der Waals surface area contributed by atoms with Crippen LogP contribution < -0.4 is 11.2 Å². The van der Waals surface area contributed by atoms with Crippen LogP contribution in [0.25, 0.3) is 21.1 Å². The Bertz CT molecular complexity index is 1410. The van der Waals surface area contributed by atoms with E-state index >= 15 is 0 Å². The number of hydrogen-bond acceptors (Lipinski definition) is 6. The number of pyridine rings is 1. The van der Waals surface area contributed by atoms with Gasteiger partial charge in [-0.15, -0.1) is 11.3 Å². The number of fused-ring (bicyclic) bond motifs is 2. The fourth-order valence-electron chi connectivity index (χ4n) is 3.67. The number of hydrogen-bond donors (Lipinski definition) is 2. The number of aliphatic hydroxyl groups is 1. The highest BCUT2D eigenvalue weighted by Crippen LogP contribution is 2.38. The van der Waals surface area contributed by atoms with E-state index in [-0.39, 0.29) is 20.7 Å². The number of aliphatic hydroxyl groups excluding tert-OH is 1. The molecule has 0 aliphatic heterocycles. The minimum Gasteiger partial charge on any atom is -0.478 e. The molecule has 0 spiro atoms. The van der Waals surface area contributed by atoms with E-state index in [9.17, 15) is 24.6 Å². The van der Waals surface area contributed by atoms with Gasteiger partial charge in [-0.05, 0) is 24.1 Å². The molecule has 154 valence electrons. The zero-order valence-electron chi connectivity index (χ0n) is 16.3. The summed E-state index contributed by atoms with van der Waals surface area (Å²) in [6.45, 7) is 2.21. The molecule has 9 heteroatoms. The highest BCUT2D eigenvalue weighted by Gasteiger charge is 2.29. The van der Waals surface area contributed by atoms with Crippen LogP contribution in [-0.4, -0.2) is 30.3 Å². The molecule has 8 nitrogen and oxygen atoms in total. The number of para-hydroxylation sites is 1. The molecule has 0 aliphatic carbocycles. The lowest BCUT2D eigenvalue weighted by Gasteiger charge is -2.13. The molecule has 1 atom stereocenters. The minimum absolute atomic E-state index is 0.0598. The molecule has 0 bridgehead atoms. The highest BCUT2D eigenvalue weighted by molar-refractivity contribution is 7.19. The monoisotopic (exact) mass is 425 g/mol. The van der Waals surface area contributed by atoms with Crippen LogP contribution in [0.2, 0.25) is 0 Å². The molecular formula is C21H19N3O5S. The molecule has 0 saturated carbocycles. The highest BCUT2D eigenvalue weighted by atomic mass is 32.1. The van der Waals surface area contributed by atoms with Crippen LogP contribution in [0.4, 0.5) is 0 Å². The standard InChI is InChI=1S/C21H19N3O5S/c1-3-10-24-19-15(18(26)23(2)21(24)29)14(20(27)28)17(30-19)16(25)12-8-9-22-13-7-5-4-6-11(12)13/h4-9,16,25H,3,10H2,1-2H3,(H,27,28). The maximum Gasteiger partial charge on any atom is 0.337 e. The van der Waals surface area contributed by atoms with Gasteiger partial charge < -0.3 is 10.2 Å². The number of aryl methyl sites for hydroxylation is 1. The molecule has 4 rings (SSSR count). The van der Waals surface area contributed by atoms with Crippen LogP contribution in [0.15, 0.2) is 46.1 Å². The maximum atomic E-state index is 12.8. The smallest absolute Gasteiger partial charge is 0.337 e. The van der Waals surface area contributed by atoms with E-state index in [1.165, 1.54) is 11.6 Å². The Labute approximate surface area is 174 Å². The van der Waals surface area contributed by atoms with E-state index < -0.39 is 23.3 Å². The van der Waals surface area contributed by atoms with E-state index in [0.717, 1.165) is 15.9 Å². The van der Waals surface area contributed by atoms with E-state index in [1.54, 1.807) is 30.5 Å². The van der Waals surface area contributed by atoms with Crippen molar-refractivity contribution in [1.29, 1.82) is 0 Å². The number of aromatic nitrogens is 3. The van der Waals surface area contributed by atoms with Crippen molar-refractivity contribution >= 4 is 38.4 Å². The fraction of sp³-hybridized carbons (Fsp3) is 0.238. The topological polar surface area (TPSA) is 114 Å². The second kappa shape index (κ2) is 7.51. The normalized spacial score (nSPS) is 12.5. The third-order valence-corrected chi connectivity index (χ3v) is 6.35. The van der Waals surface area contributed by atoms with Gasteiger partial charge in [-0.2, -0.15) is 0 Å². The van der Waals surface area contributed by atoms with Crippen molar-refractivity contribution in [1.82, 2.24) is 14.1 Å². The van der Waals surface area contributed by atoms with Gasteiger partial charge in [0, 0.05) is 25.2 Å². The summed E-state index contributed by atoms with van der Waals surface area (Å²) in [7, 11) is 1.33. The second-order valence-corrected chi connectivity index (χ2v) is 7.98. The average Bonchev–Trinajstić information content (AvgIpc) is 3.15. The average molecular weight is 425 g/mol. The second-order valence-electron chi connectivity index (χ2n) is 6.94. The first-order valence-electron chi connectivity index (χ1n) is 9.38. The predicted molar refractivity (Wildman–Crippen MR) is 114 cm³/mol. The van der Waals surface area contributed by atoms with Gasteiger partial charge in [0.2, 0.25) is 0 Å². The third kappa shape index (κ3) is 2.94. The summed E-state index contributed by atoms with van der Waals surface area (Å²) < 4.78 is 2.31. The lowest BCUT2D eigenvalue weighted by Crippen LogP contribution is -2.38. The molecule has 0 saturated heterocycles. The van der Waals surface area contributed by atoms with E-state index in [0.29, 0.717) is 29.4 Å². The van der Waals surface area contributed by atoms with Crippen molar-refractivity contribution in [2.75, 3.05) is 0 Å². The molecule has 3 heterocycles. The van der Waals surface area contributed by atoms with Gasteiger partial charge in [0.05, 0.1) is 21.3 Å². The van der Waals surface area contributed by atoms with Gasteiger partial charge in [-0.25, -0.2) is 9.59 Å². The number of nitrogens with zero attached hydrogens (tertiary/aromatic N) is 3. The van der Waals surface area contributed by atoms with Crippen LogP contribution >= 0.6 is 11.3 Å². The first-order valence-corrected chi connectivity index (χ1v) is 10.2. The number of carboxylic acid groups (broad SMARTS) is 1. The summed E-state index contributed by atoms with van der Waals surface area (Å²) in [4.78, 5) is 42.2. The van der Waals surface area contributed by atoms with Crippen LogP contribution in [0, 0.1) is 0 Å². The maximum absolute atomic E-state index is 12.8. The Morgan fingerprint density at radius 2 is 1.97 bits per heavy atom. The number of aromatic carboxylic acids is 1. The first kappa shape index (κ1) is 20.0. The largest absolute Gasteiger partial charge is 0.478 e. The molecule has 1 unspecified atom stereocenters. The first-order chi connectivity index (χ1) is 14.4. The molecule has 0 radical (unpaired) electrons. The molecule has 0 fully saturated rings. The molecule has 1 aromatic carbocycles. The number of thiophene rings is 1. The number of carboxylic acids is 1. The fourth-order valence-corrected chi connectivity index (χ4v) is 4.98. The van der Waals surface area contributed by atoms with Gasteiger partial charge in [0.25, 0.3) is 5.56 Å². The van der Waals surface area contributed by atoms with E-state index in [2.05, 4.69) is 4.98 Å².